The van der Waals surface area contributed by atoms with Crippen molar-refractivity contribution in [1.82, 2.24) is 9.80 Å². The van der Waals surface area contributed by atoms with Crippen LogP contribution < -0.4 is 0 Å². The number of hydrogen-bond acceptors (Lipinski definition) is 3. The van der Waals surface area contributed by atoms with Gasteiger partial charge < -0.3 is 9.64 Å². The zero-order chi connectivity index (χ0) is 19.7. The second-order valence-corrected chi connectivity index (χ2v) is 7.18. The number of morpholine rings is 1. The van der Waals surface area contributed by atoms with Crippen LogP contribution in [0.15, 0.2) is 54.6 Å². The molecule has 0 unspecified atom stereocenters. The number of nitrogens with zero attached hydrogens (tertiary/aromatic N) is 2. The molecule has 148 valence electrons. The number of fused-ring (bicyclic) bond motifs is 1. The number of halogens is 3. The Labute approximate surface area is 161 Å². The van der Waals surface area contributed by atoms with Crippen LogP contribution in [0.1, 0.15) is 27.5 Å². The van der Waals surface area contributed by atoms with Crippen LogP contribution in [0, 0.1) is 0 Å². The normalized spacial score (nSPS) is 23.3. The van der Waals surface area contributed by atoms with Gasteiger partial charge in [0.2, 0.25) is 0 Å². The van der Waals surface area contributed by atoms with Gasteiger partial charge in [0.15, 0.2) is 0 Å². The Morgan fingerprint density at radius 3 is 2.36 bits per heavy atom. The molecule has 2 heterocycles. The summed E-state index contributed by atoms with van der Waals surface area (Å²) in [5, 5.41) is 0. The first-order valence-electron chi connectivity index (χ1n) is 9.28. The van der Waals surface area contributed by atoms with E-state index in [4.69, 9.17) is 4.74 Å². The molecule has 0 saturated carbocycles. The lowest BCUT2D eigenvalue weighted by Gasteiger charge is -2.48. The van der Waals surface area contributed by atoms with Gasteiger partial charge in [-0.3, -0.25) is 9.69 Å². The Morgan fingerprint density at radius 2 is 1.68 bits per heavy atom. The van der Waals surface area contributed by atoms with Gasteiger partial charge in [-0.2, -0.15) is 13.2 Å². The van der Waals surface area contributed by atoms with E-state index in [1.165, 1.54) is 17.7 Å². The maximum absolute atomic E-state index is 12.8. The van der Waals surface area contributed by atoms with Crippen molar-refractivity contribution in [1.29, 1.82) is 0 Å². The molecule has 2 saturated heterocycles. The SMILES string of the molecule is O=C(c1ccc(C(F)(F)F)cc1)N1CCN2[C@@H](COC[C@@H]2c2ccccc2)C1. The highest BCUT2D eigenvalue weighted by Crippen LogP contribution is 2.31. The lowest BCUT2D eigenvalue weighted by molar-refractivity contribution is -0.137. The smallest absolute Gasteiger partial charge is 0.378 e. The minimum absolute atomic E-state index is 0.0751. The summed E-state index contributed by atoms with van der Waals surface area (Å²) in [5.74, 6) is -0.241. The average Bonchev–Trinajstić information content (AvgIpc) is 2.72. The second kappa shape index (κ2) is 7.56. The Hall–Kier alpha value is -2.38. The van der Waals surface area contributed by atoms with E-state index in [0.717, 1.165) is 12.1 Å². The number of piperazine rings is 1. The van der Waals surface area contributed by atoms with Crippen molar-refractivity contribution in [2.75, 3.05) is 32.8 Å². The monoisotopic (exact) mass is 390 g/mol. The van der Waals surface area contributed by atoms with Crippen LogP contribution in [0.3, 0.4) is 0 Å². The van der Waals surface area contributed by atoms with Crippen LogP contribution in [0.25, 0.3) is 0 Å². The van der Waals surface area contributed by atoms with E-state index >= 15 is 0 Å². The molecule has 0 spiro atoms. The highest BCUT2D eigenvalue weighted by Gasteiger charge is 2.38. The van der Waals surface area contributed by atoms with Crippen LogP contribution in [-0.2, 0) is 10.9 Å². The molecule has 2 aromatic carbocycles. The number of amides is 1. The molecule has 28 heavy (non-hydrogen) atoms. The van der Waals surface area contributed by atoms with E-state index in [1.54, 1.807) is 4.90 Å². The number of carbonyl (C=O) groups is 1. The zero-order valence-corrected chi connectivity index (χ0v) is 15.2. The van der Waals surface area contributed by atoms with Crippen molar-refractivity contribution in [2.24, 2.45) is 0 Å². The third-order valence-corrected chi connectivity index (χ3v) is 5.45. The second-order valence-electron chi connectivity index (χ2n) is 7.18. The minimum Gasteiger partial charge on any atom is -0.378 e. The van der Waals surface area contributed by atoms with Crippen molar-refractivity contribution in [2.45, 2.75) is 18.3 Å². The van der Waals surface area contributed by atoms with Gasteiger partial charge in [-0.1, -0.05) is 30.3 Å². The van der Waals surface area contributed by atoms with Crippen LogP contribution in [0.4, 0.5) is 13.2 Å². The Kier molecular flexibility index (Phi) is 5.12. The largest absolute Gasteiger partial charge is 0.416 e. The van der Waals surface area contributed by atoms with Gasteiger partial charge >= 0.3 is 6.18 Å². The summed E-state index contributed by atoms with van der Waals surface area (Å²) >= 11 is 0. The van der Waals surface area contributed by atoms with Crippen LogP contribution >= 0.6 is 0 Å². The standard InChI is InChI=1S/C21H21F3N2O2/c22-21(23,24)17-8-6-16(7-9-17)20(27)25-10-11-26-18(12-25)13-28-14-19(26)15-4-2-1-3-5-15/h1-9,18-19H,10-14H2/t18-,19-/m1/s1. The van der Waals surface area contributed by atoms with E-state index in [1.807, 2.05) is 18.2 Å². The van der Waals surface area contributed by atoms with Gasteiger partial charge in [0.1, 0.15) is 0 Å². The van der Waals surface area contributed by atoms with Gasteiger partial charge in [-0.15, -0.1) is 0 Å². The molecule has 7 heteroatoms. The highest BCUT2D eigenvalue weighted by molar-refractivity contribution is 5.94. The first-order chi connectivity index (χ1) is 13.4. The van der Waals surface area contributed by atoms with Crippen molar-refractivity contribution in [3.8, 4) is 0 Å². The summed E-state index contributed by atoms with van der Waals surface area (Å²) in [6.45, 7) is 2.91. The van der Waals surface area contributed by atoms with E-state index in [0.29, 0.717) is 32.8 Å². The van der Waals surface area contributed by atoms with Crippen molar-refractivity contribution in [3.05, 3.63) is 71.3 Å². The number of carbonyl (C=O) groups excluding carboxylic acids is 1. The van der Waals surface area contributed by atoms with Crippen molar-refractivity contribution < 1.29 is 22.7 Å². The van der Waals surface area contributed by atoms with Crippen LogP contribution in [0.2, 0.25) is 0 Å². The molecule has 0 radical (unpaired) electrons. The fourth-order valence-corrected chi connectivity index (χ4v) is 3.97. The topological polar surface area (TPSA) is 32.8 Å². The molecule has 2 aromatic rings. The molecule has 4 rings (SSSR count). The summed E-state index contributed by atoms with van der Waals surface area (Å²) < 4.78 is 44.0. The summed E-state index contributed by atoms with van der Waals surface area (Å²) in [6.07, 6.45) is -4.40. The maximum atomic E-state index is 12.8. The molecule has 0 N–H and O–H groups in total. The predicted octanol–water partition coefficient (Wildman–Crippen LogP) is 3.60. The fraction of sp³-hybridized carbons (Fsp3) is 0.381. The fourth-order valence-electron chi connectivity index (χ4n) is 3.97. The molecule has 0 bridgehead atoms. The van der Waals surface area contributed by atoms with Gasteiger partial charge in [0, 0.05) is 25.2 Å². The number of benzene rings is 2. The molecule has 4 nitrogen and oxygen atoms in total. The van der Waals surface area contributed by atoms with Gasteiger partial charge in [-0.05, 0) is 29.8 Å². The van der Waals surface area contributed by atoms with E-state index in [2.05, 4.69) is 17.0 Å². The summed E-state index contributed by atoms with van der Waals surface area (Å²) in [7, 11) is 0. The quantitative estimate of drug-likeness (QED) is 0.786. The third kappa shape index (κ3) is 3.77. The first kappa shape index (κ1) is 19.0. The summed E-state index contributed by atoms with van der Waals surface area (Å²) in [5.41, 5.74) is 0.716. The van der Waals surface area contributed by atoms with Gasteiger partial charge in [-0.25, -0.2) is 0 Å². The van der Waals surface area contributed by atoms with E-state index in [9.17, 15) is 18.0 Å². The Balaban J connectivity index is 1.46. The first-order valence-corrected chi connectivity index (χ1v) is 9.28. The molecule has 2 fully saturated rings. The summed E-state index contributed by atoms with van der Waals surface area (Å²) in [4.78, 5) is 16.9. The molecule has 0 aromatic heterocycles. The number of ether oxygens (including phenoxy) is 1. The van der Waals surface area contributed by atoms with Crippen molar-refractivity contribution >= 4 is 5.91 Å². The lowest BCUT2D eigenvalue weighted by atomic mass is 10.00. The maximum Gasteiger partial charge on any atom is 0.416 e. The molecular formula is C21H21F3N2O2. The molecule has 1 amide bonds. The van der Waals surface area contributed by atoms with E-state index in [-0.39, 0.29) is 23.6 Å². The van der Waals surface area contributed by atoms with Crippen LogP contribution in [-0.4, -0.2) is 54.6 Å². The number of hydrogen-bond donors (Lipinski definition) is 0. The van der Waals surface area contributed by atoms with E-state index < -0.39 is 11.7 Å². The van der Waals surface area contributed by atoms with Crippen LogP contribution in [0.5, 0.6) is 0 Å². The summed E-state index contributed by atoms with van der Waals surface area (Å²) in [6, 6.07) is 14.8. The predicted molar refractivity (Wildman–Crippen MR) is 97.8 cm³/mol. The molecule has 0 aliphatic carbocycles. The molecule has 2 aliphatic rings. The Morgan fingerprint density at radius 1 is 0.964 bits per heavy atom. The molecule has 2 atom stereocenters. The average molecular weight is 390 g/mol. The molecule has 2 aliphatic heterocycles. The number of rotatable bonds is 2. The minimum atomic E-state index is -4.40. The van der Waals surface area contributed by atoms with Crippen molar-refractivity contribution in [3.63, 3.8) is 0 Å². The zero-order valence-electron chi connectivity index (χ0n) is 15.2. The Bertz CT molecular complexity index is 824. The van der Waals surface area contributed by atoms with Gasteiger partial charge in [0.05, 0.1) is 30.9 Å². The number of alkyl halides is 3. The van der Waals surface area contributed by atoms with Gasteiger partial charge in [0.25, 0.3) is 5.91 Å². The third-order valence-electron chi connectivity index (χ3n) is 5.45. The lowest BCUT2D eigenvalue weighted by Crippen LogP contribution is -2.60. The highest BCUT2D eigenvalue weighted by atomic mass is 19.4. The molecular weight excluding hydrogens is 369 g/mol.